The highest BCUT2D eigenvalue weighted by atomic mass is 16.3. The Balaban J connectivity index is 1.64. The highest BCUT2D eigenvalue weighted by molar-refractivity contribution is 5.95. The number of carbonyl (C=O) groups is 2. The number of aryl methyl sites for hydroxylation is 1. The van der Waals surface area contributed by atoms with Crippen LogP contribution in [0.5, 0.6) is 5.75 Å². The predicted octanol–water partition coefficient (Wildman–Crippen LogP) is 2.52. The first-order valence-electron chi connectivity index (χ1n) is 9.85. The normalized spacial score (nSPS) is 23.2. The first-order valence-corrected chi connectivity index (χ1v) is 9.85. The zero-order valence-electron chi connectivity index (χ0n) is 16.9. The number of pyridine rings is 1. The van der Waals surface area contributed by atoms with Crippen molar-refractivity contribution in [3.63, 3.8) is 0 Å². The Labute approximate surface area is 170 Å². The number of aromatic hydroxyl groups is 1. The summed E-state index contributed by atoms with van der Waals surface area (Å²) in [7, 11) is 3.54. The van der Waals surface area contributed by atoms with Gasteiger partial charge in [-0.3, -0.25) is 4.79 Å². The smallest absolute Gasteiger partial charge is 0.320 e. The summed E-state index contributed by atoms with van der Waals surface area (Å²) in [4.78, 5) is 35.2. The Hall–Kier alpha value is -3.09. The largest absolute Gasteiger partial charge is 0.505 e. The molecule has 3 heterocycles. The number of likely N-dealkylation sites (tertiary alicyclic amines) is 2. The molecule has 29 heavy (non-hydrogen) atoms. The molecule has 1 N–H and O–H groups in total. The van der Waals surface area contributed by atoms with Crippen molar-refractivity contribution in [1.29, 1.82) is 0 Å². The van der Waals surface area contributed by atoms with E-state index in [-0.39, 0.29) is 41.3 Å². The second-order valence-corrected chi connectivity index (χ2v) is 8.14. The molecular formula is C22H26N4O3. The Kier molecular flexibility index (Phi) is 4.90. The van der Waals surface area contributed by atoms with E-state index in [9.17, 15) is 14.7 Å². The average Bonchev–Trinajstić information content (AvgIpc) is 3.26. The lowest BCUT2D eigenvalue weighted by Gasteiger charge is -2.32. The van der Waals surface area contributed by atoms with Gasteiger partial charge in [-0.05, 0) is 30.2 Å². The van der Waals surface area contributed by atoms with E-state index in [0.29, 0.717) is 19.6 Å². The molecule has 0 spiro atoms. The molecule has 0 bridgehead atoms. The van der Waals surface area contributed by atoms with Gasteiger partial charge in [0, 0.05) is 51.8 Å². The van der Waals surface area contributed by atoms with Gasteiger partial charge >= 0.3 is 6.03 Å². The van der Waals surface area contributed by atoms with Crippen LogP contribution in [-0.2, 0) is 0 Å². The fourth-order valence-electron chi connectivity index (χ4n) is 4.69. The maximum atomic E-state index is 12.9. The molecule has 0 saturated carbocycles. The van der Waals surface area contributed by atoms with Gasteiger partial charge in [0.1, 0.15) is 5.75 Å². The molecule has 2 aliphatic rings. The van der Waals surface area contributed by atoms with Gasteiger partial charge in [-0.25, -0.2) is 9.78 Å². The first kappa shape index (κ1) is 19.2. The van der Waals surface area contributed by atoms with Crippen molar-refractivity contribution >= 4 is 11.9 Å². The number of aromatic nitrogens is 1. The van der Waals surface area contributed by atoms with E-state index in [1.54, 1.807) is 30.0 Å². The molecule has 0 radical (unpaired) electrons. The van der Waals surface area contributed by atoms with Crippen molar-refractivity contribution < 1.29 is 14.7 Å². The van der Waals surface area contributed by atoms with E-state index in [2.05, 4.69) is 24.0 Å². The summed E-state index contributed by atoms with van der Waals surface area (Å²) in [6.45, 7) is 3.76. The summed E-state index contributed by atoms with van der Waals surface area (Å²) in [5.74, 6) is -0.0194. The molecular weight excluding hydrogens is 368 g/mol. The minimum absolute atomic E-state index is 0.00657. The number of amides is 3. The number of hydrogen-bond donors (Lipinski definition) is 1. The molecule has 2 fully saturated rings. The quantitative estimate of drug-likeness (QED) is 0.849. The topological polar surface area (TPSA) is 77.0 Å². The summed E-state index contributed by atoms with van der Waals surface area (Å²) < 4.78 is 0. The zero-order valence-corrected chi connectivity index (χ0v) is 16.9. The maximum Gasteiger partial charge on any atom is 0.320 e. The number of rotatable bonds is 2. The van der Waals surface area contributed by atoms with E-state index < -0.39 is 0 Å². The molecule has 2 aliphatic heterocycles. The third-order valence-electron chi connectivity index (χ3n) is 6.08. The summed E-state index contributed by atoms with van der Waals surface area (Å²) in [6, 6.07) is 11.1. The Bertz CT molecular complexity index is 945. The highest BCUT2D eigenvalue weighted by Crippen LogP contribution is 2.46. The van der Waals surface area contributed by atoms with Crippen molar-refractivity contribution in [2.45, 2.75) is 13.0 Å². The van der Waals surface area contributed by atoms with Crippen LogP contribution in [0.15, 0.2) is 42.6 Å². The summed E-state index contributed by atoms with van der Waals surface area (Å²) in [5, 5.41) is 10.0. The van der Waals surface area contributed by atoms with Crippen molar-refractivity contribution in [3.05, 3.63) is 59.4 Å². The molecule has 2 aromatic rings. The monoisotopic (exact) mass is 394 g/mol. The molecule has 0 unspecified atom stereocenters. The standard InChI is InChI=1S/C22H26N4O3/c1-14-7-4-5-8-16(14)20-17-13-25(21(28)19-18(27)9-6-10-23-19)11-15(17)12-26(20)22(29)24(2)3/h4-10,15,17,20,27H,11-13H2,1-3H3/t15-,17-,20+/m1/s1. The lowest BCUT2D eigenvalue weighted by molar-refractivity contribution is 0.0757. The first-order chi connectivity index (χ1) is 13.9. The lowest BCUT2D eigenvalue weighted by Crippen LogP contribution is -2.42. The van der Waals surface area contributed by atoms with Crippen LogP contribution in [0.25, 0.3) is 0 Å². The molecule has 7 nitrogen and oxygen atoms in total. The van der Waals surface area contributed by atoms with Gasteiger partial charge in [0.15, 0.2) is 5.69 Å². The predicted molar refractivity (Wildman–Crippen MR) is 108 cm³/mol. The minimum Gasteiger partial charge on any atom is -0.505 e. The second kappa shape index (κ2) is 7.39. The minimum atomic E-state index is -0.258. The lowest BCUT2D eigenvalue weighted by atomic mass is 9.88. The fourth-order valence-corrected chi connectivity index (χ4v) is 4.69. The Morgan fingerprint density at radius 2 is 1.86 bits per heavy atom. The zero-order chi connectivity index (χ0) is 20.7. The van der Waals surface area contributed by atoms with Crippen LogP contribution >= 0.6 is 0 Å². The molecule has 3 atom stereocenters. The third-order valence-corrected chi connectivity index (χ3v) is 6.08. The molecule has 1 aromatic carbocycles. The van der Waals surface area contributed by atoms with Crippen LogP contribution in [0, 0.1) is 18.8 Å². The number of nitrogens with zero attached hydrogens (tertiary/aromatic N) is 4. The van der Waals surface area contributed by atoms with Crippen LogP contribution in [0.2, 0.25) is 0 Å². The maximum absolute atomic E-state index is 12.9. The van der Waals surface area contributed by atoms with E-state index >= 15 is 0 Å². The molecule has 7 heteroatoms. The second-order valence-electron chi connectivity index (χ2n) is 8.14. The summed E-state index contributed by atoms with van der Waals surface area (Å²) in [5.41, 5.74) is 2.35. The fraction of sp³-hybridized carbons (Fsp3) is 0.409. The van der Waals surface area contributed by atoms with Crippen LogP contribution < -0.4 is 0 Å². The molecule has 152 valence electrons. The SMILES string of the molecule is Cc1ccccc1[C@H]1[C@@H]2CN(C(=O)c3ncccc3O)C[C@@H]2CN1C(=O)N(C)C. The van der Waals surface area contributed by atoms with Crippen molar-refractivity contribution in [2.24, 2.45) is 11.8 Å². The number of fused-ring (bicyclic) bond motifs is 1. The Morgan fingerprint density at radius 1 is 1.10 bits per heavy atom. The van der Waals surface area contributed by atoms with E-state index in [1.807, 2.05) is 17.0 Å². The highest BCUT2D eigenvalue weighted by Gasteiger charge is 2.51. The van der Waals surface area contributed by atoms with Gasteiger partial charge in [-0.15, -0.1) is 0 Å². The van der Waals surface area contributed by atoms with Gasteiger partial charge in [-0.2, -0.15) is 0 Å². The van der Waals surface area contributed by atoms with Gasteiger partial charge in [0.25, 0.3) is 5.91 Å². The van der Waals surface area contributed by atoms with Gasteiger partial charge in [0.2, 0.25) is 0 Å². The van der Waals surface area contributed by atoms with E-state index in [4.69, 9.17) is 0 Å². The van der Waals surface area contributed by atoms with Crippen molar-refractivity contribution in [1.82, 2.24) is 19.7 Å². The molecule has 4 rings (SSSR count). The van der Waals surface area contributed by atoms with Gasteiger partial charge in [0.05, 0.1) is 6.04 Å². The van der Waals surface area contributed by atoms with E-state index in [1.165, 1.54) is 12.3 Å². The van der Waals surface area contributed by atoms with Gasteiger partial charge < -0.3 is 19.8 Å². The molecule has 3 amide bonds. The summed E-state index contributed by atoms with van der Waals surface area (Å²) >= 11 is 0. The van der Waals surface area contributed by atoms with Crippen molar-refractivity contribution in [2.75, 3.05) is 33.7 Å². The number of hydrogen-bond acceptors (Lipinski definition) is 4. The van der Waals surface area contributed by atoms with Crippen LogP contribution in [-0.4, -0.2) is 70.5 Å². The number of urea groups is 1. The van der Waals surface area contributed by atoms with Crippen molar-refractivity contribution in [3.8, 4) is 5.75 Å². The van der Waals surface area contributed by atoms with Crippen LogP contribution in [0.4, 0.5) is 4.79 Å². The molecule has 1 aromatic heterocycles. The average molecular weight is 394 g/mol. The van der Waals surface area contributed by atoms with Gasteiger partial charge in [-0.1, -0.05) is 24.3 Å². The summed E-state index contributed by atoms with van der Waals surface area (Å²) in [6.07, 6.45) is 1.51. The van der Waals surface area contributed by atoms with E-state index in [0.717, 1.165) is 11.1 Å². The Morgan fingerprint density at radius 3 is 2.55 bits per heavy atom. The molecule has 2 saturated heterocycles. The third kappa shape index (κ3) is 3.30. The number of benzene rings is 1. The molecule has 0 aliphatic carbocycles. The number of carbonyl (C=O) groups excluding carboxylic acids is 2. The van der Waals surface area contributed by atoms with Crippen LogP contribution in [0.1, 0.15) is 27.7 Å². The van der Waals surface area contributed by atoms with Crippen LogP contribution in [0.3, 0.4) is 0 Å².